The van der Waals surface area contributed by atoms with Gasteiger partial charge in [0.25, 0.3) is 0 Å². The van der Waals surface area contributed by atoms with Crippen LogP contribution < -0.4 is 10.6 Å². The van der Waals surface area contributed by atoms with E-state index in [2.05, 4.69) is 14.9 Å². The Balaban J connectivity index is 1.62. The van der Waals surface area contributed by atoms with Crippen LogP contribution in [0.25, 0.3) is 0 Å². The first-order valence-electron chi connectivity index (χ1n) is 8.27. The first-order chi connectivity index (χ1) is 13.1. The van der Waals surface area contributed by atoms with Crippen molar-refractivity contribution in [3.8, 4) is 0 Å². The van der Waals surface area contributed by atoms with E-state index in [1.807, 2.05) is 0 Å². The quantitative estimate of drug-likeness (QED) is 0.485. The molecule has 0 aromatic heterocycles. The zero-order valence-corrected chi connectivity index (χ0v) is 15.3. The van der Waals surface area contributed by atoms with Gasteiger partial charge in [0, 0.05) is 18.8 Å². The van der Waals surface area contributed by atoms with Gasteiger partial charge in [-0.3, -0.25) is 9.35 Å². The van der Waals surface area contributed by atoms with Crippen molar-refractivity contribution in [2.75, 3.05) is 11.9 Å². The molecule has 2 heterocycles. The molecule has 2 aliphatic rings. The van der Waals surface area contributed by atoms with Crippen molar-refractivity contribution in [3.63, 3.8) is 0 Å². The molecule has 2 fully saturated rings. The number of hydroxylamine groups is 2. The summed E-state index contributed by atoms with van der Waals surface area (Å²) in [4.78, 5) is 36.6. The summed E-state index contributed by atoms with van der Waals surface area (Å²) in [5, 5.41) is 14.1. The molecule has 4 N–H and O–H groups in total. The molecule has 152 valence electrons. The number of carbonyl (C=O) groups is 3. The van der Waals surface area contributed by atoms with Crippen molar-refractivity contribution < 1.29 is 36.7 Å². The van der Waals surface area contributed by atoms with Gasteiger partial charge in [-0.15, -0.1) is 4.28 Å². The number of fused-ring (bicyclic) bond motifs is 2. The van der Waals surface area contributed by atoms with Crippen molar-refractivity contribution in [2.45, 2.75) is 31.5 Å². The predicted molar refractivity (Wildman–Crippen MR) is 93.3 cm³/mol. The SMILES string of the molecule is O=C(O)NCc1ccc(NC(=O)[C@@H]2CC[C@@H]3CN2C(=O)N3OS(=O)(=O)O)cc1. The summed E-state index contributed by atoms with van der Waals surface area (Å²) in [5.74, 6) is -0.447. The molecule has 0 spiro atoms. The van der Waals surface area contributed by atoms with Crippen molar-refractivity contribution >= 4 is 34.1 Å². The Morgan fingerprint density at radius 3 is 2.50 bits per heavy atom. The number of urea groups is 1. The van der Waals surface area contributed by atoms with Gasteiger partial charge in [-0.2, -0.15) is 13.5 Å². The van der Waals surface area contributed by atoms with E-state index >= 15 is 0 Å². The number of nitrogens with one attached hydrogen (secondary N) is 2. The molecule has 2 atom stereocenters. The third-order valence-corrected chi connectivity index (χ3v) is 4.81. The van der Waals surface area contributed by atoms with Crippen LogP contribution in [0.5, 0.6) is 0 Å². The molecule has 0 radical (unpaired) electrons. The third kappa shape index (κ3) is 4.49. The van der Waals surface area contributed by atoms with Crippen LogP contribution in [-0.4, -0.2) is 64.7 Å². The van der Waals surface area contributed by atoms with Crippen molar-refractivity contribution in [2.24, 2.45) is 0 Å². The van der Waals surface area contributed by atoms with Gasteiger partial charge in [-0.1, -0.05) is 12.1 Å². The van der Waals surface area contributed by atoms with Gasteiger partial charge in [-0.05, 0) is 30.5 Å². The maximum absolute atomic E-state index is 12.6. The number of carboxylic acid groups (broad SMARTS) is 1. The Labute approximate surface area is 160 Å². The van der Waals surface area contributed by atoms with Gasteiger partial charge in [0.1, 0.15) is 6.04 Å². The highest BCUT2D eigenvalue weighted by Crippen LogP contribution is 2.31. The van der Waals surface area contributed by atoms with Crippen LogP contribution in [0.3, 0.4) is 0 Å². The number of anilines is 1. The summed E-state index contributed by atoms with van der Waals surface area (Å²) < 4.78 is 34.9. The fraction of sp³-hybridized carbons (Fsp3) is 0.400. The van der Waals surface area contributed by atoms with Gasteiger partial charge in [-0.25, -0.2) is 9.59 Å². The second-order valence-corrected chi connectivity index (χ2v) is 7.36. The molecular formula is C15H18N4O8S. The van der Waals surface area contributed by atoms with Gasteiger partial charge < -0.3 is 20.6 Å². The summed E-state index contributed by atoms with van der Waals surface area (Å²) in [6.45, 7) is 0.228. The lowest BCUT2D eigenvalue weighted by atomic mass is 10.00. The van der Waals surface area contributed by atoms with E-state index < -0.39 is 40.5 Å². The van der Waals surface area contributed by atoms with E-state index in [-0.39, 0.29) is 13.1 Å². The number of hydrogen-bond donors (Lipinski definition) is 4. The molecule has 4 amide bonds. The third-order valence-electron chi connectivity index (χ3n) is 4.47. The minimum atomic E-state index is -4.84. The lowest BCUT2D eigenvalue weighted by Crippen LogP contribution is -2.47. The fourth-order valence-electron chi connectivity index (χ4n) is 3.21. The van der Waals surface area contributed by atoms with Gasteiger partial charge in [0.05, 0.1) is 6.04 Å². The normalized spacial score (nSPS) is 21.5. The van der Waals surface area contributed by atoms with Crippen LogP contribution in [0, 0.1) is 0 Å². The molecule has 28 heavy (non-hydrogen) atoms. The molecular weight excluding hydrogens is 396 g/mol. The van der Waals surface area contributed by atoms with Gasteiger partial charge in [0.15, 0.2) is 0 Å². The number of nitrogens with zero attached hydrogens (tertiary/aromatic N) is 2. The van der Waals surface area contributed by atoms with Crippen molar-refractivity contribution in [3.05, 3.63) is 29.8 Å². The maximum Gasteiger partial charge on any atom is 0.418 e. The number of amides is 4. The van der Waals surface area contributed by atoms with E-state index in [0.717, 1.165) is 0 Å². The highest BCUT2D eigenvalue weighted by atomic mass is 32.3. The molecule has 2 aliphatic heterocycles. The van der Waals surface area contributed by atoms with E-state index in [0.29, 0.717) is 29.2 Å². The number of hydrogen-bond acceptors (Lipinski definition) is 6. The number of rotatable bonds is 6. The van der Waals surface area contributed by atoms with Crippen LogP contribution in [0.15, 0.2) is 24.3 Å². The van der Waals surface area contributed by atoms with Crippen LogP contribution in [0.4, 0.5) is 15.3 Å². The smallest absolute Gasteiger partial charge is 0.418 e. The van der Waals surface area contributed by atoms with Crippen LogP contribution >= 0.6 is 0 Å². The summed E-state index contributed by atoms with van der Waals surface area (Å²) in [5.41, 5.74) is 1.16. The Kier molecular flexibility index (Phi) is 5.40. The Morgan fingerprint density at radius 1 is 1.21 bits per heavy atom. The van der Waals surface area contributed by atoms with Crippen molar-refractivity contribution in [1.29, 1.82) is 0 Å². The van der Waals surface area contributed by atoms with Crippen LogP contribution in [0.1, 0.15) is 18.4 Å². The molecule has 2 bridgehead atoms. The van der Waals surface area contributed by atoms with E-state index in [1.54, 1.807) is 24.3 Å². The van der Waals surface area contributed by atoms with E-state index in [9.17, 15) is 22.8 Å². The Morgan fingerprint density at radius 2 is 1.89 bits per heavy atom. The molecule has 3 rings (SSSR count). The second-order valence-electron chi connectivity index (χ2n) is 6.35. The average Bonchev–Trinajstić information content (AvgIpc) is 2.84. The summed E-state index contributed by atoms with van der Waals surface area (Å²) >= 11 is 0. The van der Waals surface area contributed by atoms with Crippen LogP contribution in [0.2, 0.25) is 0 Å². The largest absolute Gasteiger partial charge is 0.465 e. The molecule has 13 heteroatoms. The monoisotopic (exact) mass is 414 g/mol. The Hall–Kier alpha value is -2.90. The highest BCUT2D eigenvalue weighted by molar-refractivity contribution is 7.80. The van der Waals surface area contributed by atoms with Gasteiger partial charge in [0.2, 0.25) is 5.91 Å². The molecule has 0 aliphatic carbocycles. The molecule has 2 saturated heterocycles. The first kappa shape index (κ1) is 19.9. The van der Waals surface area contributed by atoms with Crippen LogP contribution in [-0.2, 0) is 26.0 Å². The maximum atomic E-state index is 12.6. The van der Waals surface area contributed by atoms with E-state index in [1.165, 1.54) is 4.90 Å². The Bertz CT molecular complexity index is 888. The van der Waals surface area contributed by atoms with Crippen molar-refractivity contribution in [1.82, 2.24) is 15.3 Å². The first-order valence-corrected chi connectivity index (χ1v) is 9.64. The molecule has 0 unspecified atom stereocenters. The number of carbonyl (C=O) groups excluding carboxylic acids is 2. The minimum absolute atomic E-state index is 0.103. The summed E-state index contributed by atoms with van der Waals surface area (Å²) in [6.07, 6.45) is -0.514. The molecule has 12 nitrogen and oxygen atoms in total. The highest BCUT2D eigenvalue weighted by Gasteiger charge is 2.49. The zero-order valence-electron chi connectivity index (χ0n) is 14.4. The standard InChI is InChI=1S/C15H18N4O8S/c20-13(17-10-3-1-9(2-4-10)7-16-14(21)22)12-6-5-11-8-18(12)15(23)19(11)27-28(24,25)26/h1-4,11-12,16H,5-8H2,(H,17,20)(H,21,22)(H,24,25,26)/t11-,12+/m1/s1. The molecule has 0 saturated carbocycles. The number of piperidine rings is 1. The summed E-state index contributed by atoms with van der Waals surface area (Å²) in [7, 11) is -4.84. The number of benzene rings is 1. The molecule has 1 aromatic carbocycles. The predicted octanol–water partition coefficient (Wildman–Crippen LogP) is 0.396. The zero-order chi connectivity index (χ0) is 20.5. The average molecular weight is 414 g/mol. The minimum Gasteiger partial charge on any atom is -0.465 e. The lowest BCUT2D eigenvalue weighted by molar-refractivity contribution is -0.120. The topological polar surface area (TPSA) is 166 Å². The fourth-order valence-corrected chi connectivity index (χ4v) is 3.60. The summed E-state index contributed by atoms with van der Waals surface area (Å²) in [6, 6.07) is 4.29. The van der Waals surface area contributed by atoms with Gasteiger partial charge >= 0.3 is 22.5 Å². The second kappa shape index (κ2) is 7.61. The van der Waals surface area contributed by atoms with E-state index in [4.69, 9.17) is 9.66 Å². The lowest BCUT2D eigenvalue weighted by Gasteiger charge is -2.29. The molecule has 1 aromatic rings.